The van der Waals surface area contributed by atoms with Crippen molar-refractivity contribution in [3.05, 3.63) is 53.9 Å². The number of hydrogen-bond donors (Lipinski definition) is 1. The molecule has 114 valence electrons. The lowest BCUT2D eigenvalue weighted by atomic mass is 10.1. The summed E-state index contributed by atoms with van der Waals surface area (Å²) < 4.78 is 29.7. The van der Waals surface area contributed by atoms with E-state index >= 15 is 0 Å². The van der Waals surface area contributed by atoms with E-state index in [9.17, 15) is 8.78 Å². The van der Waals surface area contributed by atoms with Crippen molar-refractivity contribution in [2.75, 3.05) is 6.54 Å². The van der Waals surface area contributed by atoms with Gasteiger partial charge in [0.15, 0.2) is 0 Å². The number of halogens is 2. The molecule has 1 heterocycles. The largest absolute Gasteiger partial charge is 0.310 e. The van der Waals surface area contributed by atoms with Crippen molar-refractivity contribution in [1.82, 2.24) is 15.1 Å². The molecule has 0 aliphatic heterocycles. The van der Waals surface area contributed by atoms with Gasteiger partial charge in [-0.05, 0) is 13.0 Å². The second kappa shape index (κ2) is 6.80. The first-order chi connectivity index (χ1) is 10.1. The summed E-state index contributed by atoms with van der Waals surface area (Å²) in [6.07, 6.45) is 4.26. The lowest BCUT2D eigenvalue weighted by Gasteiger charge is -2.17. The minimum absolute atomic E-state index is 0.0146. The highest BCUT2D eigenvalue weighted by Gasteiger charge is 2.32. The zero-order valence-electron chi connectivity index (χ0n) is 12.4. The summed E-state index contributed by atoms with van der Waals surface area (Å²) in [4.78, 5) is 0. The molecule has 0 radical (unpaired) electrons. The van der Waals surface area contributed by atoms with Crippen LogP contribution in [0.5, 0.6) is 0 Å². The third-order valence-electron chi connectivity index (χ3n) is 3.47. The van der Waals surface area contributed by atoms with Gasteiger partial charge >= 0.3 is 0 Å². The van der Waals surface area contributed by atoms with Gasteiger partial charge in [-0.3, -0.25) is 4.68 Å². The third kappa shape index (κ3) is 3.88. The van der Waals surface area contributed by atoms with Gasteiger partial charge in [0, 0.05) is 23.4 Å². The molecule has 0 spiro atoms. The zero-order valence-corrected chi connectivity index (χ0v) is 12.4. The number of hydrogen-bond acceptors (Lipinski definition) is 2. The summed E-state index contributed by atoms with van der Waals surface area (Å²) >= 11 is 0. The van der Waals surface area contributed by atoms with Gasteiger partial charge in [-0.2, -0.15) is 13.9 Å². The Bertz CT molecular complexity index is 552. The predicted molar refractivity (Wildman–Crippen MR) is 79.3 cm³/mol. The highest BCUT2D eigenvalue weighted by atomic mass is 19.3. The van der Waals surface area contributed by atoms with Gasteiger partial charge in [-0.25, -0.2) is 0 Å². The molecule has 0 bridgehead atoms. The molecular formula is C16H21F2N3. The van der Waals surface area contributed by atoms with Crippen molar-refractivity contribution in [2.45, 2.75) is 38.8 Å². The summed E-state index contributed by atoms with van der Waals surface area (Å²) in [5, 5.41) is 7.39. The Morgan fingerprint density at radius 2 is 1.95 bits per heavy atom. The Balaban J connectivity index is 2.12. The number of benzene rings is 1. The molecule has 0 saturated carbocycles. The number of rotatable bonds is 7. The minimum Gasteiger partial charge on any atom is -0.310 e. The summed E-state index contributed by atoms with van der Waals surface area (Å²) in [5.74, 6) is -2.93. The Morgan fingerprint density at radius 3 is 2.57 bits per heavy atom. The molecule has 1 aromatic carbocycles. The van der Waals surface area contributed by atoms with Crippen LogP contribution in [0.1, 0.15) is 37.4 Å². The topological polar surface area (TPSA) is 29.9 Å². The van der Waals surface area contributed by atoms with Crippen LogP contribution in [0.3, 0.4) is 0 Å². The highest BCUT2D eigenvalue weighted by molar-refractivity contribution is 5.20. The van der Waals surface area contributed by atoms with Crippen LogP contribution in [0.4, 0.5) is 8.78 Å². The molecule has 5 heteroatoms. The van der Waals surface area contributed by atoms with Crippen molar-refractivity contribution in [2.24, 2.45) is 0 Å². The van der Waals surface area contributed by atoms with E-state index in [1.165, 1.54) is 16.8 Å². The molecule has 21 heavy (non-hydrogen) atoms. The normalized spacial score (nSPS) is 13.3. The first-order valence-electron chi connectivity index (χ1n) is 7.26. The van der Waals surface area contributed by atoms with Crippen molar-refractivity contribution >= 4 is 0 Å². The van der Waals surface area contributed by atoms with E-state index < -0.39 is 12.5 Å². The van der Waals surface area contributed by atoms with Gasteiger partial charge in [0.1, 0.15) is 6.54 Å². The molecule has 0 aliphatic carbocycles. The predicted octanol–water partition coefficient (Wildman–Crippen LogP) is 3.74. The molecule has 2 aromatic rings. The summed E-state index contributed by atoms with van der Waals surface area (Å²) in [5.41, 5.74) is 0.962. The van der Waals surface area contributed by atoms with Gasteiger partial charge in [0.05, 0.1) is 6.20 Å². The Hall–Kier alpha value is -1.75. The summed E-state index contributed by atoms with van der Waals surface area (Å²) in [6, 6.07) is 8.02. The first-order valence-corrected chi connectivity index (χ1v) is 7.26. The second-order valence-corrected chi connectivity index (χ2v) is 5.06. The van der Waals surface area contributed by atoms with Gasteiger partial charge in [-0.1, -0.05) is 44.2 Å². The van der Waals surface area contributed by atoms with Crippen LogP contribution < -0.4 is 5.32 Å². The van der Waals surface area contributed by atoms with E-state index in [1.807, 2.05) is 6.92 Å². The fourth-order valence-corrected chi connectivity index (χ4v) is 2.37. The van der Waals surface area contributed by atoms with Crippen LogP contribution in [0.25, 0.3) is 0 Å². The molecule has 1 aromatic heterocycles. The molecule has 3 nitrogen and oxygen atoms in total. The lowest BCUT2D eigenvalue weighted by molar-refractivity contribution is -0.0254. The molecule has 2 rings (SSSR count). The lowest BCUT2D eigenvalue weighted by Crippen LogP contribution is -2.22. The van der Waals surface area contributed by atoms with E-state index in [2.05, 4.69) is 17.3 Å². The van der Waals surface area contributed by atoms with Crippen LogP contribution in [-0.2, 0) is 12.5 Å². The molecule has 1 atom stereocenters. The number of alkyl halides is 2. The number of nitrogens with zero attached hydrogens (tertiary/aromatic N) is 2. The summed E-state index contributed by atoms with van der Waals surface area (Å²) in [6.45, 7) is 4.48. The van der Waals surface area contributed by atoms with Gasteiger partial charge in [-0.15, -0.1) is 0 Å². The maximum atomic E-state index is 14.2. The van der Waals surface area contributed by atoms with Crippen LogP contribution in [0.2, 0.25) is 0 Å². The Morgan fingerprint density at radius 1 is 1.24 bits per heavy atom. The maximum absolute atomic E-state index is 14.2. The van der Waals surface area contributed by atoms with Gasteiger partial charge in [0.25, 0.3) is 5.92 Å². The SMILES string of the molecule is CCNC(CC)c1cnn(CC(F)(F)c2ccccc2)c1. The van der Waals surface area contributed by atoms with Crippen molar-refractivity contribution in [3.8, 4) is 0 Å². The van der Waals surface area contributed by atoms with E-state index in [0.29, 0.717) is 0 Å². The second-order valence-electron chi connectivity index (χ2n) is 5.06. The third-order valence-corrected chi connectivity index (χ3v) is 3.47. The van der Waals surface area contributed by atoms with Crippen LogP contribution in [0, 0.1) is 0 Å². The molecule has 1 unspecified atom stereocenters. The average molecular weight is 293 g/mol. The van der Waals surface area contributed by atoms with Crippen molar-refractivity contribution in [1.29, 1.82) is 0 Å². The molecule has 0 amide bonds. The highest BCUT2D eigenvalue weighted by Crippen LogP contribution is 2.29. The Kier molecular flexibility index (Phi) is 5.07. The fourth-order valence-electron chi connectivity index (χ4n) is 2.37. The Labute approximate surface area is 124 Å². The van der Waals surface area contributed by atoms with Crippen LogP contribution in [-0.4, -0.2) is 16.3 Å². The average Bonchev–Trinajstić information content (AvgIpc) is 2.93. The smallest absolute Gasteiger partial charge is 0.292 e. The standard InChI is InChI=1S/C16H21F2N3/c1-3-15(19-4-2)13-10-20-21(11-13)12-16(17,18)14-8-6-5-7-9-14/h5-11,15,19H,3-4,12H2,1-2H3. The first kappa shape index (κ1) is 15.6. The van der Waals surface area contributed by atoms with E-state index in [0.717, 1.165) is 18.5 Å². The fraction of sp³-hybridized carbons (Fsp3) is 0.438. The van der Waals surface area contributed by atoms with E-state index in [4.69, 9.17) is 0 Å². The van der Waals surface area contributed by atoms with E-state index in [1.54, 1.807) is 30.6 Å². The minimum atomic E-state index is -2.93. The summed E-state index contributed by atoms with van der Waals surface area (Å²) in [7, 11) is 0. The molecule has 0 fully saturated rings. The molecule has 0 saturated heterocycles. The molecule has 0 aliphatic rings. The monoisotopic (exact) mass is 293 g/mol. The van der Waals surface area contributed by atoms with E-state index in [-0.39, 0.29) is 11.6 Å². The van der Waals surface area contributed by atoms with Crippen molar-refractivity contribution < 1.29 is 8.78 Å². The van der Waals surface area contributed by atoms with Gasteiger partial charge < -0.3 is 5.32 Å². The van der Waals surface area contributed by atoms with Crippen LogP contribution >= 0.6 is 0 Å². The molecular weight excluding hydrogens is 272 g/mol. The van der Waals surface area contributed by atoms with Crippen molar-refractivity contribution in [3.63, 3.8) is 0 Å². The number of aromatic nitrogens is 2. The number of nitrogens with one attached hydrogen (secondary N) is 1. The quantitative estimate of drug-likeness (QED) is 0.843. The zero-order chi connectivity index (χ0) is 15.3. The van der Waals surface area contributed by atoms with Crippen LogP contribution in [0.15, 0.2) is 42.7 Å². The van der Waals surface area contributed by atoms with Gasteiger partial charge in [0.2, 0.25) is 0 Å². The molecule has 1 N–H and O–H groups in total. The maximum Gasteiger partial charge on any atom is 0.292 e.